The molecule has 1 spiro atoms. The van der Waals surface area contributed by atoms with Gasteiger partial charge in [0.25, 0.3) is 11.8 Å². The van der Waals surface area contributed by atoms with Crippen LogP contribution >= 0.6 is 0 Å². The second-order valence-corrected chi connectivity index (χ2v) is 9.97. The topological polar surface area (TPSA) is 66.9 Å². The molecule has 2 heterocycles. The third-order valence-electron chi connectivity index (χ3n) is 6.63. The number of nitrogens with zero attached hydrogens (tertiary/aromatic N) is 2. The Hall–Kier alpha value is -2.37. The van der Waals surface area contributed by atoms with Crippen LogP contribution in [0.25, 0.3) is 0 Å². The lowest BCUT2D eigenvalue weighted by atomic mass is 9.67. The van der Waals surface area contributed by atoms with Gasteiger partial charge in [-0.2, -0.15) is 0 Å². The van der Waals surface area contributed by atoms with Crippen molar-refractivity contribution in [3.05, 3.63) is 35.4 Å². The number of amides is 3. The van der Waals surface area contributed by atoms with Crippen molar-refractivity contribution in [1.82, 2.24) is 9.80 Å². The molecule has 0 aromatic heterocycles. The van der Waals surface area contributed by atoms with E-state index in [9.17, 15) is 14.4 Å². The van der Waals surface area contributed by atoms with E-state index in [-0.39, 0.29) is 35.3 Å². The van der Waals surface area contributed by atoms with Crippen LogP contribution in [0.3, 0.4) is 0 Å². The second kappa shape index (κ2) is 6.85. The Morgan fingerprint density at radius 2 is 1.72 bits per heavy atom. The molecule has 1 aliphatic carbocycles. The fourth-order valence-electron chi connectivity index (χ4n) is 5.34. The standard InChI is InChI=1S/C23H30N2O4/c1-15-13-23(11-12-24(14-23)21(28)29-22(2,3)4)10-9-18(15)25-19(26)16-7-5-6-8-17(16)20(25)27/h5-8,15,18H,9-14H2,1-4H3/t15-,18-,23-/m0/s1. The van der Waals surface area contributed by atoms with Crippen molar-refractivity contribution in [3.8, 4) is 0 Å². The van der Waals surface area contributed by atoms with Gasteiger partial charge >= 0.3 is 6.09 Å². The minimum atomic E-state index is -0.497. The van der Waals surface area contributed by atoms with Gasteiger partial charge in [-0.1, -0.05) is 19.1 Å². The van der Waals surface area contributed by atoms with Crippen molar-refractivity contribution >= 4 is 17.9 Å². The first kappa shape index (κ1) is 19.9. The maximum Gasteiger partial charge on any atom is 0.410 e. The summed E-state index contributed by atoms with van der Waals surface area (Å²) in [5.41, 5.74) is 0.596. The molecule has 1 saturated heterocycles. The van der Waals surface area contributed by atoms with E-state index < -0.39 is 5.60 Å². The molecule has 0 bridgehead atoms. The summed E-state index contributed by atoms with van der Waals surface area (Å²) < 4.78 is 5.54. The highest BCUT2D eigenvalue weighted by Gasteiger charge is 2.50. The number of rotatable bonds is 1. The number of imide groups is 1. The number of carbonyl (C=O) groups excluding carboxylic acids is 3. The van der Waals surface area contributed by atoms with Gasteiger partial charge in [0, 0.05) is 19.1 Å². The average Bonchev–Trinajstić information content (AvgIpc) is 3.15. The average molecular weight is 399 g/mol. The third-order valence-corrected chi connectivity index (χ3v) is 6.63. The van der Waals surface area contributed by atoms with Crippen LogP contribution in [0.15, 0.2) is 24.3 Å². The van der Waals surface area contributed by atoms with Gasteiger partial charge in [0.05, 0.1) is 11.1 Å². The zero-order valence-electron chi connectivity index (χ0n) is 17.7. The van der Waals surface area contributed by atoms with Gasteiger partial charge in [-0.05, 0) is 69.9 Å². The third kappa shape index (κ3) is 3.53. The molecular weight excluding hydrogens is 368 g/mol. The Morgan fingerprint density at radius 1 is 1.10 bits per heavy atom. The molecule has 29 heavy (non-hydrogen) atoms. The van der Waals surface area contributed by atoms with Crippen molar-refractivity contribution in [3.63, 3.8) is 0 Å². The van der Waals surface area contributed by atoms with Crippen LogP contribution in [0.2, 0.25) is 0 Å². The first-order chi connectivity index (χ1) is 13.6. The van der Waals surface area contributed by atoms with Gasteiger partial charge < -0.3 is 9.64 Å². The molecule has 1 saturated carbocycles. The summed E-state index contributed by atoms with van der Waals surface area (Å²) in [5.74, 6) is -0.134. The molecule has 2 fully saturated rings. The molecule has 0 N–H and O–H groups in total. The number of benzene rings is 1. The molecule has 3 amide bonds. The molecule has 4 rings (SSSR count). The number of hydrogen-bond acceptors (Lipinski definition) is 4. The van der Waals surface area contributed by atoms with Gasteiger partial charge in [0.1, 0.15) is 5.60 Å². The first-order valence-corrected chi connectivity index (χ1v) is 10.6. The lowest BCUT2D eigenvalue weighted by Gasteiger charge is -2.44. The van der Waals surface area contributed by atoms with Gasteiger partial charge in [0.2, 0.25) is 0 Å². The summed E-state index contributed by atoms with van der Waals surface area (Å²) in [5, 5.41) is 0. The molecule has 156 valence electrons. The maximum absolute atomic E-state index is 12.9. The van der Waals surface area contributed by atoms with Crippen molar-refractivity contribution < 1.29 is 19.1 Å². The molecule has 0 unspecified atom stereocenters. The van der Waals surface area contributed by atoms with Gasteiger partial charge in [-0.25, -0.2) is 4.79 Å². The summed E-state index contributed by atoms with van der Waals surface area (Å²) in [7, 11) is 0. The van der Waals surface area contributed by atoms with E-state index in [2.05, 4.69) is 6.92 Å². The van der Waals surface area contributed by atoms with Crippen molar-refractivity contribution in [2.75, 3.05) is 13.1 Å². The SMILES string of the molecule is C[C@H]1C[C@]2(CC[C@@H]1N1C(=O)c3ccccc3C1=O)CCN(C(=O)OC(C)(C)C)C2. The Morgan fingerprint density at radius 3 is 2.28 bits per heavy atom. The maximum atomic E-state index is 12.9. The predicted octanol–water partition coefficient (Wildman–Crippen LogP) is 4.10. The number of likely N-dealkylation sites (tertiary alicyclic amines) is 1. The fourth-order valence-corrected chi connectivity index (χ4v) is 5.34. The molecule has 1 aromatic carbocycles. The van der Waals surface area contributed by atoms with Crippen LogP contribution in [0.4, 0.5) is 4.79 Å². The lowest BCUT2D eigenvalue weighted by Crippen LogP contribution is -2.49. The minimum absolute atomic E-state index is 0.0610. The quantitative estimate of drug-likeness (QED) is 0.668. The van der Waals surface area contributed by atoms with Crippen molar-refractivity contribution in [2.24, 2.45) is 11.3 Å². The van der Waals surface area contributed by atoms with E-state index in [0.717, 1.165) is 25.7 Å². The smallest absolute Gasteiger partial charge is 0.410 e. The normalized spacial score (nSPS) is 29.5. The summed E-state index contributed by atoms with van der Waals surface area (Å²) in [6.45, 7) is 9.18. The minimum Gasteiger partial charge on any atom is -0.444 e. The van der Waals surface area contributed by atoms with Crippen LogP contribution < -0.4 is 0 Å². The van der Waals surface area contributed by atoms with E-state index in [1.807, 2.05) is 25.7 Å². The van der Waals surface area contributed by atoms with Crippen molar-refractivity contribution in [1.29, 1.82) is 0 Å². The molecule has 6 heteroatoms. The molecule has 0 radical (unpaired) electrons. The van der Waals surface area contributed by atoms with Crippen LogP contribution in [-0.4, -0.2) is 52.4 Å². The zero-order chi connectivity index (χ0) is 21.0. The van der Waals surface area contributed by atoms with Gasteiger partial charge in [-0.15, -0.1) is 0 Å². The number of carbonyl (C=O) groups is 3. The Balaban J connectivity index is 1.44. The monoisotopic (exact) mass is 398 g/mol. The number of ether oxygens (including phenoxy) is 1. The fraction of sp³-hybridized carbons (Fsp3) is 0.609. The number of hydrogen-bond donors (Lipinski definition) is 0. The first-order valence-electron chi connectivity index (χ1n) is 10.6. The molecule has 6 nitrogen and oxygen atoms in total. The lowest BCUT2D eigenvalue weighted by molar-refractivity contribution is 0.0208. The highest BCUT2D eigenvalue weighted by Crippen LogP contribution is 2.48. The molecular formula is C23H30N2O4. The molecule has 3 atom stereocenters. The summed E-state index contributed by atoms with van der Waals surface area (Å²) in [6.07, 6.45) is 3.31. The molecule has 1 aromatic rings. The Bertz CT molecular complexity index is 824. The largest absolute Gasteiger partial charge is 0.444 e. The van der Waals surface area contributed by atoms with Crippen LogP contribution in [0, 0.1) is 11.3 Å². The Labute approximate surface area is 172 Å². The van der Waals surface area contributed by atoms with E-state index >= 15 is 0 Å². The zero-order valence-corrected chi connectivity index (χ0v) is 17.7. The predicted molar refractivity (Wildman–Crippen MR) is 109 cm³/mol. The second-order valence-electron chi connectivity index (χ2n) is 9.97. The highest BCUT2D eigenvalue weighted by atomic mass is 16.6. The number of fused-ring (bicyclic) bond motifs is 1. The van der Waals surface area contributed by atoms with Gasteiger partial charge in [0.15, 0.2) is 0 Å². The van der Waals surface area contributed by atoms with Crippen molar-refractivity contribution in [2.45, 2.75) is 65.0 Å². The molecule has 3 aliphatic rings. The van der Waals surface area contributed by atoms with Crippen LogP contribution in [0.1, 0.15) is 74.1 Å². The Kier molecular flexibility index (Phi) is 4.71. The van der Waals surface area contributed by atoms with E-state index in [1.54, 1.807) is 24.3 Å². The summed E-state index contributed by atoms with van der Waals surface area (Å²) in [4.78, 5) is 41.5. The summed E-state index contributed by atoms with van der Waals surface area (Å²) >= 11 is 0. The van der Waals surface area contributed by atoms with Gasteiger partial charge in [-0.3, -0.25) is 14.5 Å². The van der Waals surface area contributed by atoms with E-state index in [0.29, 0.717) is 24.2 Å². The summed E-state index contributed by atoms with van der Waals surface area (Å²) in [6, 6.07) is 7.00. The van der Waals surface area contributed by atoms with E-state index in [1.165, 1.54) is 4.90 Å². The molecule has 2 aliphatic heterocycles. The van der Waals surface area contributed by atoms with Crippen LogP contribution in [-0.2, 0) is 4.74 Å². The van der Waals surface area contributed by atoms with Crippen LogP contribution in [0.5, 0.6) is 0 Å². The van der Waals surface area contributed by atoms with E-state index in [4.69, 9.17) is 4.74 Å². The highest BCUT2D eigenvalue weighted by molar-refractivity contribution is 6.21.